The molecular weight excluding hydrogens is 136 g/mol. The van der Waals surface area contributed by atoms with Crippen LogP contribution in [-0.2, 0) is 6.42 Å². The zero-order valence-electron chi connectivity index (χ0n) is 7.12. The molecule has 2 nitrogen and oxygen atoms in total. The molecule has 0 unspecified atom stereocenters. The Hall–Kier alpha value is -0.920. The molecule has 0 aliphatic rings. The van der Waals surface area contributed by atoms with Crippen molar-refractivity contribution in [1.82, 2.24) is 9.97 Å². The highest BCUT2D eigenvalue weighted by Gasteiger charge is 1.95. The van der Waals surface area contributed by atoms with Gasteiger partial charge in [0.15, 0.2) is 0 Å². The standard InChI is InChI=1S/C9H14N2/c1-8(2)3-4-9-5-10-7-11-6-9/h5-8H,3-4H2,1-2H3. The van der Waals surface area contributed by atoms with E-state index in [9.17, 15) is 0 Å². The summed E-state index contributed by atoms with van der Waals surface area (Å²) in [6.07, 6.45) is 7.65. The minimum absolute atomic E-state index is 0.759. The van der Waals surface area contributed by atoms with Crippen molar-refractivity contribution in [3.8, 4) is 0 Å². The average Bonchev–Trinajstić information content (AvgIpc) is 2.03. The van der Waals surface area contributed by atoms with Crippen molar-refractivity contribution in [3.05, 3.63) is 24.3 Å². The van der Waals surface area contributed by atoms with Crippen LogP contribution < -0.4 is 0 Å². The van der Waals surface area contributed by atoms with Gasteiger partial charge in [-0.2, -0.15) is 0 Å². The number of rotatable bonds is 3. The molecule has 0 saturated heterocycles. The smallest absolute Gasteiger partial charge is 0.115 e. The molecule has 0 atom stereocenters. The van der Waals surface area contributed by atoms with Gasteiger partial charge in [-0.25, -0.2) is 9.97 Å². The van der Waals surface area contributed by atoms with Crippen molar-refractivity contribution in [1.29, 1.82) is 0 Å². The molecule has 0 aromatic carbocycles. The van der Waals surface area contributed by atoms with Gasteiger partial charge >= 0.3 is 0 Å². The van der Waals surface area contributed by atoms with E-state index in [1.807, 2.05) is 12.4 Å². The van der Waals surface area contributed by atoms with E-state index >= 15 is 0 Å². The lowest BCUT2D eigenvalue weighted by Gasteiger charge is -2.02. The van der Waals surface area contributed by atoms with Crippen LogP contribution in [0.15, 0.2) is 18.7 Å². The topological polar surface area (TPSA) is 25.8 Å². The first-order chi connectivity index (χ1) is 5.29. The molecule has 0 aliphatic carbocycles. The molecule has 0 radical (unpaired) electrons. The van der Waals surface area contributed by atoms with E-state index in [-0.39, 0.29) is 0 Å². The van der Waals surface area contributed by atoms with Crippen LogP contribution in [0.4, 0.5) is 0 Å². The molecule has 1 rings (SSSR count). The Balaban J connectivity index is 2.39. The predicted octanol–water partition coefficient (Wildman–Crippen LogP) is 2.07. The summed E-state index contributed by atoms with van der Waals surface area (Å²) >= 11 is 0. The average molecular weight is 150 g/mol. The van der Waals surface area contributed by atoms with E-state index in [1.165, 1.54) is 12.0 Å². The maximum absolute atomic E-state index is 3.95. The van der Waals surface area contributed by atoms with E-state index in [0.29, 0.717) is 0 Å². The second-order valence-corrected chi connectivity index (χ2v) is 3.18. The third-order valence-corrected chi connectivity index (χ3v) is 1.62. The summed E-state index contributed by atoms with van der Waals surface area (Å²) in [4.78, 5) is 7.90. The molecule has 0 bridgehead atoms. The molecule has 2 heteroatoms. The summed E-state index contributed by atoms with van der Waals surface area (Å²) in [5.74, 6) is 0.759. The van der Waals surface area contributed by atoms with E-state index in [0.717, 1.165) is 12.3 Å². The Labute approximate surface area is 67.7 Å². The second kappa shape index (κ2) is 4.06. The molecular formula is C9H14N2. The number of hydrogen-bond donors (Lipinski definition) is 0. The van der Waals surface area contributed by atoms with Crippen LogP contribution in [-0.4, -0.2) is 9.97 Å². The van der Waals surface area contributed by atoms with Crippen molar-refractivity contribution < 1.29 is 0 Å². The fraction of sp³-hybridized carbons (Fsp3) is 0.556. The predicted molar refractivity (Wildman–Crippen MR) is 45.2 cm³/mol. The molecule has 0 N–H and O–H groups in total. The molecule has 0 amide bonds. The van der Waals surface area contributed by atoms with Crippen molar-refractivity contribution in [2.45, 2.75) is 26.7 Å². The van der Waals surface area contributed by atoms with Gasteiger partial charge in [0.1, 0.15) is 6.33 Å². The molecule has 0 aliphatic heterocycles. The SMILES string of the molecule is CC(C)CCc1cncnc1. The molecule has 1 heterocycles. The summed E-state index contributed by atoms with van der Waals surface area (Å²) in [6.45, 7) is 4.45. The van der Waals surface area contributed by atoms with Crippen LogP contribution in [0, 0.1) is 5.92 Å². The largest absolute Gasteiger partial charge is 0.245 e. The van der Waals surface area contributed by atoms with E-state index in [2.05, 4.69) is 23.8 Å². The third kappa shape index (κ3) is 3.12. The highest BCUT2D eigenvalue weighted by Crippen LogP contribution is 2.05. The highest BCUT2D eigenvalue weighted by molar-refractivity contribution is 5.01. The minimum Gasteiger partial charge on any atom is -0.245 e. The minimum atomic E-state index is 0.759. The lowest BCUT2D eigenvalue weighted by Crippen LogP contribution is -1.93. The molecule has 11 heavy (non-hydrogen) atoms. The fourth-order valence-corrected chi connectivity index (χ4v) is 0.914. The van der Waals surface area contributed by atoms with Gasteiger partial charge in [0.25, 0.3) is 0 Å². The van der Waals surface area contributed by atoms with Crippen LogP contribution >= 0.6 is 0 Å². The van der Waals surface area contributed by atoms with Crippen molar-refractivity contribution in [2.75, 3.05) is 0 Å². The Morgan fingerprint density at radius 1 is 1.27 bits per heavy atom. The molecule has 1 aromatic rings. The monoisotopic (exact) mass is 150 g/mol. The van der Waals surface area contributed by atoms with Gasteiger partial charge < -0.3 is 0 Å². The zero-order chi connectivity index (χ0) is 8.10. The third-order valence-electron chi connectivity index (χ3n) is 1.62. The van der Waals surface area contributed by atoms with Crippen LogP contribution in [0.1, 0.15) is 25.8 Å². The van der Waals surface area contributed by atoms with E-state index in [4.69, 9.17) is 0 Å². The van der Waals surface area contributed by atoms with Gasteiger partial charge in [-0.1, -0.05) is 13.8 Å². The zero-order valence-corrected chi connectivity index (χ0v) is 7.12. The van der Waals surface area contributed by atoms with Gasteiger partial charge in [-0.3, -0.25) is 0 Å². The van der Waals surface area contributed by atoms with Gasteiger partial charge in [0, 0.05) is 12.4 Å². The Kier molecular flexibility index (Phi) is 3.02. The number of hydrogen-bond acceptors (Lipinski definition) is 2. The second-order valence-electron chi connectivity index (χ2n) is 3.18. The molecule has 0 spiro atoms. The molecule has 60 valence electrons. The van der Waals surface area contributed by atoms with Gasteiger partial charge in [-0.15, -0.1) is 0 Å². The first-order valence-electron chi connectivity index (χ1n) is 4.03. The maximum Gasteiger partial charge on any atom is 0.115 e. The van der Waals surface area contributed by atoms with Crippen molar-refractivity contribution in [2.24, 2.45) is 5.92 Å². The number of nitrogens with zero attached hydrogens (tertiary/aromatic N) is 2. The van der Waals surface area contributed by atoms with Gasteiger partial charge in [0.2, 0.25) is 0 Å². The Bertz CT molecular complexity index is 194. The molecule has 0 saturated carbocycles. The first-order valence-corrected chi connectivity index (χ1v) is 4.03. The van der Waals surface area contributed by atoms with E-state index in [1.54, 1.807) is 6.33 Å². The van der Waals surface area contributed by atoms with Crippen molar-refractivity contribution >= 4 is 0 Å². The lowest BCUT2D eigenvalue weighted by molar-refractivity contribution is 0.585. The van der Waals surface area contributed by atoms with Gasteiger partial charge in [0.05, 0.1) is 0 Å². The summed E-state index contributed by atoms with van der Waals surface area (Å²) in [6, 6.07) is 0. The highest BCUT2D eigenvalue weighted by atomic mass is 14.8. The maximum atomic E-state index is 3.95. The summed E-state index contributed by atoms with van der Waals surface area (Å²) in [5, 5.41) is 0. The first kappa shape index (κ1) is 8.18. The van der Waals surface area contributed by atoms with Crippen LogP contribution in [0.25, 0.3) is 0 Å². The number of aromatic nitrogens is 2. The van der Waals surface area contributed by atoms with Crippen LogP contribution in [0.5, 0.6) is 0 Å². The lowest BCUT2D eigenvalue weighted by atomic mass is 10.1. The van der Waals surface area contributed by atoms with Crippen LogP contribution in [0.3, 0.4) is 0 Å². The summed E-state index contributed by atoms with van der Waals surface area (Å²) in [7, 11) is 0. The summed E-state index contributed by atoms with van der Waals surface area (Å²) < 4.78 is 0. The van der Waals surface area contributed by atoms with E-state index < -0.39 is 0 Å². The fourth-order valence-electron chi connectivity index (χ4n) is 0.914. The normalized spacial score (nSPS) is 10.5. The Morgan fingerprint density at radius 2 is 1.91 bits per heavy atom. The number of aryl methyl sites for hydroxylation is 1. The molecule has 0 fully saturated rings. The van der Waals surface area contributed by atoms with Gasteiger partial charge in [-0.05, 0) is 24.3 Å². The molecule has 1 aromatic heterocycles. The van der Waals surface area contributed by atoms with Crippen molar-refractivity contribution in [3.63, 3.8) is 0 Å². The Morgan fingerprint density at radius 3 is 2.45 bits per heavy atom. The van der Waals surface area contributed by atoms with Crippen LogP contribution in [0.2, 0.25) is 0 Å². The summed E-state index contributed by atoms with van der Waals surface area (Å²) in [5.41, 5.74) is 1.24. The quantitative estimate of drug-likeness (QED) is 0.659.